The fraction of sp³-hybridized carbons (Fsp3) is 0.500. The van der Waals surface area contributed by atoms with Crippen molar-refractivity contribution in [3.63, 3.8) is 0 Å². The van der Waals surface area contributed by atoms with Crippen LogP contribution in [0.2, 0.25) is 0 Å². The van der Waals surface area contributed by atoms with E-state index in [4.69, 9.17) is 4.74 Å². The molecule has 4 heteroatoms. The Morgan fingerprint density at radius 2 is 2.12 bits per heavy atom. The van der Waals surface area contributed by atoms with Crippen LogP contribution in [0.4, 0.5) is 10.1 Å². The first-order valence-electron chi connectivity index (χ1n) is 5.39. The van der Waals surface area contributed by atoms with Crippen LogP contribution in [-0.2, 0) is 4.74 Å². The van der Waals surface area contributed by atoms with Gasteiger partial charge in [0.2, 0.25) is 0 Å². The Morgan fingerprint density at radius 3 is 2.88 bits per heavy atom. The lowest BCUT2D eigenvalue weighted by atomic mass is 10.3. The Bertz CT molecular complexity index is 296. The molecule has 0 bridgehead atoms. The molecular weight excluding hydrogens is 225 g/mol. The van der Waals surface area contributed by atoms with Crippen LogP contribution in [0, 0.1) is 5.82 Å². The summed E-state index contributed by atoms with van der Waals surface area (Å²) in [4.78, 5) is 0. The van der Waals surface area contributed by atoms with Gasteiger partial charge in [0.1, 0.15) is 5.82 Å². The maximum Gasteiger partial charge on any atom is 0.146 e. The number of rotatable bonds is 8. The molecule has 1 aromatic rings. The number of hydrogen-bond donors (Lipinski definition) is 1. The molecule has 0 fully saturated rings. The first kappa shape index (κ1) is 13.3. The monoisotopic (exact) mass is 243 g/mol. The first-order chi connectivity index (χ1) is 7.84. The zero-order chi connectivity index (χ0) is 11.6. The van der Waals surface area contributed by atoms with Gasteiger partial charge in [-0.2, -0.15) is 11.8 Å². The van der Waals surface area contributed by atoms with E-state index in [9.17, 15) is 4.39 Å². The molecule has 0 amide bonds. The summed E-state index contributed by atoms with van der Waals surface area (Å²) in [5.74, 6) is 1.89. The maximum absolute atomic E-state index is 13.2. The van der Waals surface area contributed by atoms with Crippen LogP contribution in [0.3, 0.4) is 0 Å². The average Bonchev–Trinajstić information content (AvgIpc) is 2.30. The molecule has 0 saturated carbocycles. The third-order valence-corrected chi connectivity index (χ3v) is 3.14. The van der Waals surface area contributed by atoms with E-state index in [0.29, 0.717) is 5.69 Å². The SMILES string of the molecule is COCCCSCCNc1ccccc1F. The number of thioether (sulfide) groups is 1. The average molecular weight is 243 g/mol. The molecule has 0 spiro atoms. The van der Waals surface area contributed by atoms with Crippen molar-refractivity contribution in [1.29, 1.82) is 0 Å². The molecule has 0 aromatic heterocycles. The lowest BCUT2D eigenvalue weighted by molar-refractivity contribution is 0.200. The molecule has 0 atom stereocenters. The predicted molar refractivity (Wildman–Crippen MR) is 68.7 cm³/mol. The minimum Gasteiger partial charge on any atom is -0.385 e. The zero-order valence-corrected chi connectivity index (χ0v) is 10.4. The molecular formula is C12H18FNOS. The van der Waals surface area contributed by atoms with Crippen LogP contribution in [0.15, 0.2) is 24.3 Å². The van der Waals surface area contributed by atoms with E-state index in [-0.39, 0.29) is 5.82 Å². The number of hydrogen-bond acceptors (Lipinski definition) is 3. The minimum atomic E-state index is -0.188. The van der Waals surface area contributed by atoms with Crippen molar-refractivity contribution < 1.29 is 9.13 Å². The number of nitrogens with one attached hydrogen (secondary N) is 1. The molecule has 1 aromatic carbocycles. The molecule has 0 aliphatic heterocycles. The van der Waals surface area contributed by atoms with Gasteiger partial charge in [0.25, 0.3) is 0 Å². The molecule has 16 heavy (non-hydrogen) atoms. The van der Waals surface area contributed by atoms with E-state index in [1.54, 1.807) is 19.2 Å². The summed E-state index contributed by atoms with van der Waals surface area (Å²) >= 11 is 1.85. The van der Waals surface area contributed by atoms with Gasteiger partial charge in [-0.3, -0.25) is 0 Å². The summed E-state index contributed by atoms with van der Waals surface area (Å²) in [7, 11) is 1.71. The van der Waals surface area contributed by atoms with Crippen LogP contribution in [0.25, 0.3) is 0 Å². The first-order valence-corrected chi connectivity index (χ1v) is 6.55. The van der Waals surface area contributed by atoms with E-state index in [2.05, 4.69) is 5.32 Å². The second-order valence-electron chi connectivity index (χ2n) is 3.37. The Labute approximate surface area is 101 Å². The second kappa shape index (κ2) is 8.42. The standard InChI is InChI=1S/C12H18FNOS/c1-15-8-4-9-16-10-7-14-12-6-3-2-5-11(12)13/h2-3,5-6,14H,4,7-10H2,1H3. The Hall–Kier alpha value is -0.740. The molecule has 1 N–H and O–H groups in total. The van der Waals surface area contributed by atoms with Crippen LogP contribution in [-0.4, -0.2) is 31.8 Å². The van der Waals surface area contributed by atoms with Gasteiger partial charge in [0, 0.05) is 26.0 Å². The summed E-state index contributed by atoms with van der Waals surface area (Å²) in [6, 6.07) is 6.75. The fourth-order valence-electron chi connectivity index (χ4n) is 1.27. The van der Waals surface area contributed by atoms with Crippen LogP contribution in [0.5, 0.6) is 0 Å². The van der Waals surface area contributed by atoms with Gasteiger partial charge in [-0.15, -0.1) is 0 Å². The van der Waals surface area contributed by atoms with Crippen LogP contribution < -0.4 is 5.32 Å². The summed E-state index contributed by atoms with van der Waals surface area (Å²) < 4.78 is 18.1. The third kappa shape index (κ3) is 5.37. The number of methoxy groups -OCH3 is 1. The van der Waals surface area contributed by atoms with Crippen molar-refractivity contribution in [3.8, 4) is 0 Å². The lowest BCUT2D eigenvalue weighted by Gasteiger charge is -2.06. The number of anilines is 1. The van der Waals surface area contributed by atoms with Crippen molar-refractivity contribution in [2.24, 2.45) is 0 Å². The predicted octanol–water partition coefficient (Wildman–Crippen LogP) is 3.01. The maximum atomic E-state index is 13.2. The molecule has 0 unspecified atom stereocenters. The van der Waals surface area contributed by atoms with E-state index < -0.39 is 0 Å². The fourth-order valence-corrected chi connectivity index (χ4v) is 2.04. The van der Waals surface area contributed by atoms with Crippen molar-refractivity contribution >= 4 is 17.4 Å². The lowest BCUT2D eigenvalue weighted by Crippen LogP contribution is -2.06. The number of halogens is 1. The molecule has 0 aliphatic rings. The van der Waals surface area contributed by atoms with Crippen molar-refractivity contribution in [2.45, 2.75) is 6.42 Å². The van der Waals surface area contributed by atoms with Gasteiger partial charge >= 0.3 is 0 Å². The summed E-state index contributed by atoms with van der Waals surface area (Å²) in [6.07, 6.45) is 1.07. The minimum absolute atomic E-state index is 0.188. The molecule has 90 valence electrons. The molecule has 2 nitrogen and oxygen atoms in total. The second-order valence-corrected chi connectivity index (χ2v) is 4.59. The highest BCUT2D eigenvalue weighted by Gasteiger charge is 1.98. The molecule has 0 saturated heterocycles. The van der Waals surface area contributed by atoms with Gasteiger partial charge < -0.3 is 10.1 Å². The zero-order valence-electron chi connectivity index (χ0n) is 9.54. The van der Waals surface area contributed by atoms with Gasteiger partial charge in [0.15, 0.2) is 0 Å². The van der Waals surface area contributed by atoms with E-state index in [1.807, 2.05) is 17.8 Å². The highest BCUT2D eigenvalue weighted by Crippen LogP contribution is 2.12. The third-order valence-electron chi connectivity index (χ3n) is 2.07. The highest BCUT2D eigenvalue weighted by molar-refractivity contribution is 7.99. The number of benzene rings is 1. The summed E-state index contributed by atoms with van der Waals surface area (Å²) in [6.45, 7) is 1.60. The smallest absolute Gasteiger partial charge is 0.146 e. The largest absolute Gasteiger partial charge is 0.385 e. The molecule has 0 aliphatic carbocycles. The van der Waals surface area contributed by atoms with Gasteiger partial charge in [0.05, 0.1) is 5.69 Å². The van der Waals surface area contributed by atoms with E-state index in [1.165, 1.54) is 6.07 Å². The van der Waals surface area contributed by atoms with Crippen LogP contribution in [0.1, 0.15) is 6.42 Å². The Kier molecular flexibility index (Phi) is 7.01. The topological polar surface area (TPSA) is 21.3 Å². The Morgan fingerprint density at radius 1 is 1.31 bits per heavy atom. The van der Waals surface area contributed by atoms with E-state index >= 15 is 0 Å². The van der Waals surface area contributed by atoms with Crippen LogP contribution >= 0.6 is 11.8 Å². The van der Waals surface area contributed by atoms with Crippen molar-refractivity contribution in [3.05, 3.63) is 30.1 Å². The molecule has 0 radical (unpaired) electrons. The number of para-hydroxylation sites is 1. The normalized spacial score (nSPS) is 10.4. The molecule has 1 rings (SSSR count). The summed E-state index contributed by atoms with van der Waals surface area (Å²) in [5, 5.41) is 3.08. The summed E-state index contributed by atoms with van der Waals surface area (Å²) in [5.41, 5.74) is 0.583. The number of ether oxygens (including phenoxy) is 1. The van der Waals surface area contributed by atoms with Crippen molar-refractivity contribution in [2.75, 3.05) is 37.1 Å². The van der Waals surface area contributed by atoms with Gasteiger partial charge in [-0.05, 0) is 24.3 Å². The van der Waals surface area contributed by atoms with Gasteiger partial charge in [-0.25, -0.2) is 4.39 Å². The van der Waals surface area contributed by atoms with E-state index in [0.717, 1.165) is 31.1 Å². The highest BCUT2D eigenvalue weighted by atomic mass is 32.2. The Balaban J connectivity index is 2.05. The van der Waals surface area contributed by atoms with Gasteiger partial charge in [-0.1, -0.05) is 12.1 Å². The van der Waals surface area contributed by atoms with Crippen molar-refractivity contribution in [1.82, 2.24) is 0 Å². The quantitative estimate of drug-likeness (QED) is 0.709. The molecule has 0 heterocycles.